The van der Waals surface area contributed by atoms with Crippen molar-refractivity contribution in [3.63, 3.8) is 0 Å². The van der Waals surface area contributed by atoms with Gasteiger partial charge < -0.3 is 15.5 Å². The van der Waals surface area contributed by atoms with E-state index in [1.807, 2.05) is 0 Å². The Balaban J connectivity index is 1.93. The second-order valence-electron chi connectivity index (χ2n) is 7.74. The van der Waals surface area contributed by atoms with E-state index in [9.17, 15) is 9.59 Å². The molecule has 2 amide bonds. The third-order valence-electron chi connectivity index (χ3n) is 5.48. The van der Waals surface area contributed by atoms with Crippen molar-refractivity contribution >= 4 is 17.6 Å². The van der Waals surface area contributed by atoms with Gasteiger partial charge in [-0.25, -0.2) is 9.37 Å². The number of carbonyl (C=O) groups is 2. The molecule has 8 nitrogen and oxygen atoms in total. The molecule has 9 heteroatoms. The van der Waals surface area contributed by atoms with E-state index < -0.39 is 11.7 Å². The zero-order valence-corrected chi connectivity index (χ0v) is 17.6. The van der Waals surface area contributed by atoms with Gasteiger partial charge in [-0.3, -0.25) is 14.3 Å². The highest BCUT2D eigenvalue weighted by molar-refractivity contribution is 6.00. The summed E-state index contributed by atoms with van der Waals surface area (Å²) in [6.07, 6.45) is 6.40. The van der Waals surface area contributed by atoms with Crippen molar-refractivity contribution in [2.24, 2.45) is 18.7 Å². The second kappa shape index (κ2) is 8.64. The third kappa shape index (κ3) is 4.19. The molecule has 2 N–H and O–H groups in total. The van der Waals surface area contributed by atoms with Gasteiger partial charge in [-0.2, -0.15) is 5.10 Å². The molecule has 0 saturated carbocycles. The fourth-order valence-corrected chi connectivity index (χ4v) is 3.99. The van der Waals surface area contributed by atoms with Gasteiger partial charge in [0.25, 0.3) is 5.91 Å². The Morgan fingerprint density at radius 3 is 2.80 bits per heavy atom. The molecule has 0 spiro atoms. The molecule has 1 aliphatic heterocycles. The highest BCUT2D eigenvalue weighted by Gasteiger charge is 2.27. The zero-order valence-electron chi connectivity index (χ0n) is 17.6. The van der Waals surface area contributed by atoms with Crippen LogP contribution in [0.5, 0.6) is 0 Å². The number of nitrogens with two attached hydrogens (primary N) is 1. The van der Waals surface area contributed by atoms with Gasteiger partial charge in [-0.05, 0) is 31.8 Å². The summed E-state index contributed by atoms with van der Waals surface area (Å²) < 4.78 is 16.8. The molecule has 0 bridgehead atoms. The summed E-state index contributed by atoms with van der Waals surface area (Å²) in [6.45, 7) is 6.89. The highest BCUT2D eigenvalue weighted by atomic mass is 19.1. The summed E-state index contributed by atoms with van der Waals surface area (Å²) in [7, 11) is 3.51. The first-order valence-corrected chi connectivity index (χ1v) is 9.84. The predicted molar refractivity (Wildman–Crippen MR) is 112 cm³/mol. The smallest absolute Gasteiger partial charge is 0.251 e. The Labute approximate surface area is 175 Å². The van der Waals surface area contributed by atoms with Crippen LogP contribution in [0, 0.1) is 18.7 Å². The van der Waals surface area contributed by atoms with E-state index in [4.69, 9.17) is 5.73 Å². The van der Waals surface area contributed by atoms with Crippen LogP contribution in [0.2, 0.25) is 0 Å². The summed E-state index contributed by atoms with van der Waals surface area (Å²) in [5, 5.41) is 4.12. The number of nitrogens with zero attached hydrogens (tertiary/aromatic N) is 5. The summed E-state index contributed by atoms with van der Waals surface area (Å²) in [4.78, 5) is 31.9. The monoisotopic (exact) mass is 414 g/mol. The van der Waals surface area contributed by atoms with Gasteiger partial charge in [0.15, 0.2) is 11.6 Å². The Bertz CT molecular complexity index is 986. The van der Waals surface area contributed by atoms with E-state index in [0.29, 0.717) is 30.9 Å². The van der Waals surface area contributed by atoms with Gasteiger partial charge in [0.05, 0.1) is 17.5 Å². The van der Waals surface area contributed by atoms with Gasteiger partial charge in [0.1, 0.15) is 0 Å². The van der Waals surface area contributed by atoms with Crippen molar-refractivity contribution in [2.75, 3.05) is 31.6 Å². The maximum Gasteiger partial charge on any atom is 0.251 e. The number of hydrogen-bond donors (Lipinski definition) is 1. The molecule has 160 valence electrons. The standard InChI is InChI=1S/C21H27FN6O2/c1-5-16(29)28-8-6-7-14(11-28)10-26(3)21-18(22)13(2)17(20(23)30)19(25-21)15-9-24-27(4)12-15/h5,9,12,14H,1,6-8,10-11H2,2-4H3,(H2,23,30)/t14-/m1/s1. The number of likely N-dealkylation sites (tertiary alicyclic amines) is 1. The first-order valence-electron chi connectivity index (χ1n) is 9.84. The first-order chi connectivity index (χ1) is 14.2. The maximum absolute atomic E-state index is 15.2. The number of hydrogen-bond acceptors (Lipinski definition) is 5. The molecule has 1 saturated heterocycles. The molecule has 3 heterocycles. The lowest BCUT2D eigenvalue weighted by atomic mass is 9.97. The Morgan fingerprint density at radius 1 is 1.47 bits per heavy atom. The van der Waals surface area contributed by atoms with Crippen LogP contribution in [0.1, 0.15) is 28.8 Å². The number of pyridine rings is 1. The lowest BCUT2D eigenvalue weighted by molar-refractivity contribution is -0.127. The minimum atomic E-state index is -0.738. The Hall–Kier alpha value is -3.23. The summed E-state index contributed by atoms with van der Waals surface area (Å²) in [5.41, 5.74) is 6.64. The van der Waals surface area contributed by atoms with E-state index in [-0.39, 0.29) is 28.8 Å². The number of primary amides is 1. The van der Waals surface area contributed by atoms with Crippen LogP contribution in [0.15, 0.2) is 25.0 Å². The van der Waals surface area contributed by atoms with Gasteiger partial charge >= 0.3 is 0 Å². The van der Waals surface area contributed by atoms with Crippen LogP contribution in [-0.2, 0) is 11.8 Å². The summed E-state index contributed by atoms with van der Waals surface area (Å²) in [6, 6.07) is 0. The van der Waals surface area contributed by atoms with Crippen molar-refractivity contribution in [3.05, 3.63) is 42.0 Å². The van der Waals surface area contributed by atoms with E-state index in [1.165, 1.54) is 13.0 Å². The fraction of sp³-hybridized carbons (Fsp3) is 0.429. The first kappa shape index (κ1) is 21.5. The average Bonchev–Trinajstić information content (AvgIpc) is 3.15. The minimum absolute atomic E-state index is 0.0538. The van der Waals surface area contributed by atoms with E-state index >= 15 is 4.39 Å². The SMILES string of the molecule is C=CC(=O)N1CCC[C@H](CN(C)c2nc(-c3cnn(C)c3)c(C(N)=O)c(C)c2F)C1. The number of anilines is 1. The van der Waals surface area contributed by atoms with Crippen LogP contribution in [-0.4, -0.2) is 58.2 Å². The highest BCUT2D eigenvalue weighted by Crippen LogP contribution is 2.31. The van der Waals surface area contributed by atoms with E-state index in [2.05, 4.69) is 16.7 Å². The van der Waals surface area contributed by atoms with Crippen LogP contribution in [0.3, 0.4) is 0 Å². The molecular weight excluding hydrogens is 387 g/mol. The van der Waals surface area contributed by atoms with Gasteiger partial charge in [-0.15, -0.1) is 0 Å². The Kier molecular flexibility index (Phi) is 6.19. The van der Waals surface area contributed by atoms with E-state index in [1.54, 1.807) is 41.0 Å². The van der Waals surface area contributed by atoms with Crippen LogP contribution >= 0.6 is 0 Å². The van der Waals surface area contributed by atoms with Crippen molar-refractivity contribution in [1.29, 1.82) is 0 Å². The predicted octanol–water partition coefficient (Wildman–Crippen LogP) is 1.89. The third-order valence-corrected chi connectivity index (χ3v) is 5.48. The van der Waals surface area contributed by atoms with Gasteiger partial charge in [0, 0.05) is 51.1 Å². The Morgan fingerprint density at radius 2 is 2.20 bits per heavy atom. The molecule has 3 rings (SSSR count). The van der Waals surface area contributed by atoms with Crippen LogP contribution in [0.25, 0.3) is 11.3 Å². The number of halogens is 1. The molecule has 0 unspecified atom stereocenters. The molecule has 2 aromatic heterocycles. The lowest BCUT2D eigenvalue weighted by Gasteiger charge is -2.34. The molecule has 0 aromatic carbocycles. The molecule has 1 atom stereocenters. The molecule has 30 heavy (non-hydrogen) atoms. The number of aryl methyl sites for hydroxylation is 1. The number of rotatable bonds is 6. The fourth-order valence-electron chi connectivity index (χ4n) is 3.99. The quantitative estimate of drug-likeness (QED) is 0.728. The van der Waals surface area contributed by atoms with E-state index in [0.717, 1.165) is 12.8 Å². The molecule has 1 fully saturated rings. The molecule has 0 radical (unpaired) electrons. The van der Waals surface area contributed by atoms with Crippen molar-refractivity contribution in [3.8, 4) is 11.3 Å². The van der Waals surface area contributed by atoms with Crippen LogP contribution < -0.4 is 10.6 Å². The number of aromatic nitrogens is 3. The average molecular weight is 414 g/mol. The normalized spacial score (nSPS) is 16.4. The summed E-state index contributed by atoms with van der Waals surface area (Å²) in [5.74, 6) is -1.09. The van der Waals surface area contributed by atoms with Crippen molar-refractivity contribution in [1.82, 2.24) is 19.7 Å². The van der Waals surface area contributed by atoms with Crippen molar-refractivity contribution < 1.29 is 14.0 Å². The van der Waals surface area contributed by atoms with Crippen molar-refractivity contribution in [2.45, 2.75) is 19.8 Å². The topological polar surface area (TPSA) is 97.3 Å². The molecule has 1 aliphatic rings. The second-order valence-corrected chi connectivity index (χ2v) is 7.74. The van der Waals surface area contributed by atoms with Gasteiger partial charge in [0.2, 0.25) is 5.91 Å². The van der Waals surface area contributed by atoms with Gasteiger partial charge in [-0.1, -0.05) is 6.58 Å². The van der Waals surface area contributed by atoms with Crippen LogP contribution in [0.4, 0.5) is 10.2 Å². The largest absolute Gasteiger partial charge is 0.366 e. The molecule has 0 aliphatic carbocycles. The lowest BCUT2D eigenvalue weighted by Crippen LogP contribution is -2.42. The number of carbonyl (C=O) groups excluding carboxylic acids is 2. The number of piperidine rings is 1. The minimum Gasteiger partial charge on any atom is -0.366 e. The molecule has 2 aromatic rings. The summed E-state index contributed by atoms with van der Waals surface area (Å²) >= 11 is 0. The number of amides is 2. The zero-order chi connectivity index (χ0) is 22.0. The molecular formula is C21H27FN6O2. The maximum atomic E-state index is 15.2.